The lowest BCUT2D eigenvalue weighted by Crippen LogP contribution is -2.49. The summed E-state index contributed by atoms with van der Waals surface area (Å²) in [5, 5.41) is 9.34. The van der Waals surface area contributed by atoms with Crippen LogP contribution in [0.2, 0.25) is 0 Å². The normalized spacial score (nSPS) is 15.6. The monoisotopic (exact) mass is 368 g/mol. The minimum atomic E-state index is -0.213. The number of nitrogens with one attached hydrogen (secondary N) is 2. The lowest BCUT2D eigenvalue weighted by atomic mass is 10.1. The Labute approximate surface area is 160 Å². The molecule has 2 aromatic carbocycles. The van der Waals surface area contributed by atoms with Crippen LogP contribution in [0.1, 0.15) is 25.3 Å². The summed E-state index contributed by atoms with van der Waals surface area (Å²) >= 11 is 0. The number of rotatable bonds is 4. The van der Waals surface area contributed by atoms with Crippen LogP contribution >= 0.6 is 0 Å². The third-order valence-electron chi connectivity index (χ3n) is 4.86. The summed E-state index contributed by atoms with van der Waals surface area (Å²) in [6, 6.07) is 15.2. The van der Waals surface area contributed by atoms with E-state index >= 15 is 0 Å². The number of hydrogen-bond donors (Lipinski definition) is 2. The van der Waals surface area contributed by atoms with Crippen LogP contribution in [-0.2, 0) is 11.3 Å². The van der Waals surface area contributed by atoms with Crippen LogP contribution in [0.5, 0.6) is 0 Å². The number of hydrogen-bond acceptors (Lipinski definition) is 3. The Bertz CT molecular complexity index is 798. The van der Waals surface area contributed by atoms with Gasteiger partial charge in [-0.3, -0.25) is 4.99 Å². The van der Waals surface area contributed by atoms with Gasteiger partial charge in [-0.1, -0.05) is 36.4 Å². The van der Waals surface area contributed by atoms with E-state index in [9.17, 15) is 4.79 Å². The Morgan fingerprint density at radius 2 is 1.93 bits per heavy atom. The van der Waals surface area contributed by atoms with Gasteiger partial charge in [-0.15, -0.1) is 0 Å². The summed E-state index contributed by atoms with van der Waals surface area (Å²) in [7, 11) is 1.78. The third kappa shape index (κ3) is 5.12. The van der Waals surface area contributed by atoms with Crippen molar-refractivity contribution in [3.05, 3.63) is 48.0 Å². The first kappa shape index (κ1) is 19.0. The number of fused-ring (bicyclic) bond motifs is 1. The molecule has 0 saturated carbocycles. The smallest absolute Gasteiger partial charge is 0.409 e. The molecule has 0 spiro atoms. The highest BCUT2D eigenvalue weighted by molar-refractivity contribution is 5.83. The van der Waals surface area contributed by atoms with E-state index in [1.165, 1.54) is 16.3 Å². The molecule has 0 atom stereocenters. The van der Waals surface area contributed by atoms with Gasteiger partial charge in [0.25, 0.3) is 0 Å². The van der Waals surface area contributed by atoms with Gasteiger partial charge < -0.3 is 20.3 Å². The lowest BCUT2D eigenvalue weighted by molar-refractivity contribution is 0.0963. The van der Waals surface area contributed by atoms with Crippen molar-refractivity contribution in [3.8, 4) is 0 Å². The summed E-state index contributed by atoms with van der Waals surface area (Å²) in [6.45, 7) is 4.38. The molecule has 6 nitrogen and oxygen atoms in total. The van der Waals surface area contributed by atoms with E-state index in [-0.39, 0.29) is 6.09 Å². The van der Waals surface area contributed by atoms with Gasteiger partial charge in [0, 0.05) is 32.7 Å². The number of ether oxygens (including phenoxy) is 1. The van der Waals surface area contributed by atoms with E-state index in [1.54, 1.807) is 11.9 Å². The van der Waals surface area contributed by atoms with Gasteiger partial charge in [-0.25, -0.2) is 4.79 Å². The largest absolute Gasteiger partial charge is 0.450 e. The Kier molecular flexibility index (Phi) is 6.52. The zero-order valence-corrected chi connectivity index (χ0v) is 16.1. The van der Waals surface area contributed by atoms with Crippen LogP contribution in [0.3, 0.4) is 0 Å². The summed E-state index contributed by atoms with van der Waals surface area (Å²) in [4.78, 5) is 17.9. The predicted octanol–water partition coefficient (Wildman–Crippen LogP) is 3.13. The number of guanidine groups is 1. The van der Waals surface area contributed by atoms with Crippen molar-refractivity contribution in [1.82, 2.24) is 15.5 Å². The van der Waals surface area contributed by atoms with Gasteiger partial charge >= 0.3 is 6.09 Å². The highest BCUT2D eigenvalue weighted by atomic mass is 16.6. The van der Waals surface area contributed by atoms with Gasteiger partial charge in [0.15, 0.2) is 5.96 Å². The summed E-state index contributed by atoms with van der Waals surface area (Å²) in [5.74, 6) is 0.790. The summed E-state index contributed by atoms with van der Waals surface area (Å²) in [5.41, 5.74) is 1.22. The minimum absolute atomic E-state index is 0.213. The molecule has 1 amide bonds. The second-order valence-electron chi connectivity index (χ2n) is 6.71. The molecule has 27 heavy (non-hydrogen) atoms. The van der Waals surface area contributed by atoms with E-state index in [1.807, 2.05) is 6.92 Å². The molecule has 2 aromatic rings. The van der Waals surface area contributed by atoms with Crippen LogP contribution in [0.15, 0.2) is 47.5 Å². The second-order valence-corrected chi connectivity index (χ2v) is 6.71. The van der Waals surface area contributed by atoms with Crippen LogP contribution in [0, 0.1) is 0 Å². The molecular weight excluding hydrogens is 340 g/mol. The molecule has 2 N–H and O–H groups in total. The average Bonchev–Trinajstić information content (AvgIpc) is 2.71. The van der Waals surface area contributed by atoms with E-state index in [2.05, 4.69) is 58.1 Å². The lowest BCUT2D eigenvalue weighted by Gasteiger charge is -2.32. The topological polar surface area (TPSA) is 66.0 Å². The summed E-state index contributed by atoms with van der Waals surface area (Å²) in [6.07, 6.45) is 1.56. The van der Waals surface area contributed by atoms with Crippen molar-refractivity contribution in [3.63, 3.8) is 0 Å². The van der Waals surface area contributed by atoms with Crippen molar-refractivity contribution < 1.29 is 9.53 Å². The predicted molar refractivity (Wildman–Crippen MR) is 109 cm³/mol. The van der Waals surface area contributed by atoms with Crippen molar-refractivity contribution in [2.75, 3.05) is 26.7 Å². The summed E-state index contributed by atoms with van der Waals surface area (Å²) < 4.78 is 5.07. The number of nitrogens with zero attached hydrogens (tertiary/aromatic N) is 2. The number of benzene rings is 2. The van der Waals surface area contributed by atoms with Gasteiger partial charge in [-0.05, 0) is 42.2 Å². The first-order valence-electron chi connectivity index (χ1n) is 9.56. The van der Waals surface area contributed by atoms with E-state index < -0.39 is 0 Å². The van der Waals surface area contributed by atoms with Gasteiger partial charge in [0.1, 0.15) is 0 Å². The SMILES string of the molecule is CCOC(=O)N1CCC(NC(=NC)NCc2ccc3ccccc3c2)CC1. The maximum absolute atomic E-state index is 11.8. The standard InChI is InChI=1S/C21H28N4O2/c1-3-27-21(26)25-12-10-19(11-13-25)24-20(22-2)23-15-16-8-9-17-6-4-5-7-18(17)14-16/h4-9,14,19H,3,10-13,15H2,1-2H3,(H2,22,23,24). The molecule has 0 bridgehead atoms. The number of aliphatic imine (C=N–C) groups is 1. The molecule has 144 valence electrons. The quantitative estimate of drug-likeness (QED) is 0.643. The molecule has 1 fully saturated rings. The number of carbonyl (C=O) groups excluding carboxylic acids is 1. The van der Waals surface area contributed by atoms with Crippen LogP contribution in [0.25, 0.3) is 10.8 Å². The Morgan fingerprint density at radius 1 is 1.19 bits per heavy atom. The first-order valence-corrected chi connectivity index (χ1v) is 9.56. The molecule has 0 unspecified atom stereocenters. The fraction of sp³-hybridized carbons (Fsp3) is 0.429. The molecule has 1 saturated heterocycles. The highest BCUT2D eigenvalue weighted by Gasteiger charge is 2.23. The molecule has 1 aliphatic heterocycles. The van der Waals surface area contributed by atoms with Crippen LogP contribution < -0.4 is 10.6 Å². The van der Waals surface area contributed by atoms with E-state index in [0.29, 0.717) is 32.3 Å². The molecule has 3 rings (SSSR count). The molecule has 0 aliphatic carbocycles. The zero-order valence-electron chi connectivity index (χ0n) is 16.1. The molecular formula is C21H28N4O2. The molecule has 1 heterocycles. The maximum atomic E-state index is 11.8. The number of likely N-dealkylation sites (tertiary alicyclic amines) is 1. The van der Waals surface area contributed by atoms with Gasteiger partial charge in [0.05, 0.1) is 6.61 Å². The Morgan fingerprint density at radius 3 is 2.63 bits per heavy atom. The van der Waals surface area contributed by atoms with Gasteiger partial charge in [0.2, 0.25) is 0 Å². The van der Waals surface area contributed by atoms with Crippen LogP contribution in [-0.4, -0.2) is 49.7 Å². The zero-order chi connectivity index (χ0) is 19.1. The molecule has 1 aliphatic rings. The number of carbonyl (C=O) groups is 1. The molecule has 6 heteroatoms. The van der Waals surface area contributed by atoms with Crippen molar-refractivity contribution >= 4 is 22.8 Å². The van der Waals surface area contributed by atoms with Crippen molar-refractivity contribution in [2.24, 2.45) is 4.99 Å². The Hall–Kier alpha value is -2.76. The molecule has 0 aromatic heterocycles. The minimum Gasteiger partial charge on any atom is -0.450 e. The average molecular weight is 368 g/mol. The van der Waals surface area contributed by atoms with Gasteiger partial charge in [-0.2, -0.15) is 0 Å². The van der Waals surface area contributed by atoms with Crippen molar-refractivity contribution in [2.45, 2.75) is 32.4 Å². The number of piperidine rings is 1. The third-order valence-corrected chi connectivity index (χ3v) is 4.86. The van der Waals surface area contributed by atoms with E-state index in [0.717, 1.165) is 18.8 Å². The van der Waals surface area contributed by atoms with E-state index in [4.69, 9.17) is 4.74 Å². The highest BCUT2D eigenvalue weighted by Crippen LogP contribution is 2.15. The van der Waals surface area contributed by atoms with Crippen LogP contribution in [0.4, 0.5) is 4.79 Å². The fourth-order valence-corrected chi connectivity index (χ4v) is 3.34. The number of amides is 1. The van der Waals surface area contributed by atoms with Crippen molar-refractivity contribution in [1.29, 1.82) is 0 Å². The molecule has 0 radical (unpaired) electrons. The maximum Gasteiger partial charge on any atom is 0.409 e. The first-order chi connectivity index (χ1) is 13.2. The fourth-order valence-electron chi connectivity index (χ4n) is 3.34. The second kappa shape index (κ2) is 9.26. The Balaban J connectivity index is 1.49.